The summed E-state index contributed by atoms with van der Waals surface area (Å²) in [5.41, 5.74) is 1.20. The van der Waals surface area contributed by atoms with Crippen LogP contribution in [-0.2, 0) is 4.79 Å². The monoisotopic (exact) mass is 192 g/mol. The number of aromatic hydroxyl groups is 1. The van der Waals surface area contributed by atoms with Crippen molar-refractivity contribution in [2.24, 2.45) is 0 Å². The number of phenolic OH excluding ortho intramolecular Hbond substituents is 1. The van der Waals surface area contributed by atoms with Crippen LogP contribution >= 0.6 is 0 Å². The largest absolute Gasteiger partial charge is 0.504 e. The molecular formula is C11H12O3. The molecule has 0 heterocycles. The van der Waals surface area contributed by atoms with E-state index < -0.39 is 5.97 Å². The number of ether oxygens (including phenoxy) is 1. The fraction of sp³-hybridized carbons (Fsp3) is 0.182. The van der Waals surface area contributed by atoms with Crippen molar-refractivity contribution in [3.05, 3.63) is 35.9 Å². The van der Waals surface area contributed by atoms with Gasteiger partial charge in [0, 0.05) is 5.57 Å². The van der Waals surface area contributed by atoms with Gasteiger partial charge < -0.3 is 9.84 Å². The molecule has 0 fully saturated rings. The minimum Gasteiger partial charge on any atom is -0.504 e. The van der Waals surface area contributed by atoms with E-state index in [4.69, 9.17) is 4.74 Å². The molecule has 0 atom stereocenters. The van der Waals surface area contributed by atoms with Crippen LogP contribution in [0.25, 0.3) is 0 Å². The predicted octanol–water partition coefficient (Wildman–Crippen LogP) is 2.18. The highest BCUT2D eigenvalue weighted by Gasteiger charge is 2.08. The lowest BCUT2D eigenvalue weighted by Gasteiger charge is -2.05. The quantitative estimate of drug-likeness (QED) is 0.444. The molecular weight excluding hydrogens is 180 g/mol. The zero-order chi connectivity index (χ0) is 10.7. The van der Waals surface area contributed by atoms with E-state index in [1.807, 2.05) is 6.92 Å². The summed E-state index contributed by atoms with van der Waals surface area (Å²) in [6, 6.07) is 4.83. The van der Waals surface area contributed by atoms with Crippen molar-refractivity contribution in [2.75, 3.05) is 0 Å². The van der Waals surface area contributed by atoms with Gasteiger partial charge in [-0.3, -0.25) is 0 Å². The summed E-state index contributed by atoms with van der Waals surface area (Å²) in [6.45, 7) is 6.83. The molecule has 0 aliphatic rings. The SMILES string of the molecule is C=C(C)C(=O)Oc1ccc(C)cc1O. The van der Waals surface area contributed by atoms with E-state index in [1.54, 1.807) is 19.1 Å². The van der Waals surface area contributed by atoms with Gasteiger partial charge >= 0.3 is 5.97 Å². The van der Waals surface area contributed by atoms with Gasteiger partial charge in [0.15, 0.2) is 11.5 Å². The van der Waals surface area contributed by atoms with Crippen molar-refractivity contribution < 1.29 is 14.6 Å². The van der Waals surface area contributed by atoms with Crippen LogP contribution < -0.4 is 4.74 Å². The minimum atomic E-state index is -0.538. The van der Waals surface area contributed by atoms with Crippen molar-refractivity contribution in [3.8, 4) is 11.5 Å². The van der Waals surface area contributed by atoms with Crippen molar-refractivity contribution >= 4 is 5.97 Å². The van der Waals surface area contributed by atoms with Crippen LogP contribution in [0.5, 0.6) is 11.5 Å². The molecule has 0 amide bonds. The smallest absolute Gasteiger partial charge is 0.338 e. The zero-order valence-corrected chi connectivity index (χ0v) is 8.20. The van der Waals surface area contributed by atoms with E-state index in [0.717, 1.165) is 5.56 Å². The highest BCUT2D eigenvalue weighted by atomic mass is 16.5. The number of hydrogen-bond donors (Lipinski definition) is 1. The van der Waals surface area contributed by atoms with Crippen LogP contribution in [0.1, 0.15) is 12.5 Å². The van der Waals surface area contributed by atoms with E-state index in [-0.39, 0.29) is 11.5 Å². The van der Waals surface area contributed by atoms with Crippen LogP contribution in [0.2, 0.25) is 0 Å². The molecule has 1 aromatic carbocycles. The third-order valence-corrected chi connectivity index (χ3v) is 1.67. The Morgan fingerprint density at radius 2 is 2.14 bits per heavy atom. The first-order chi connectivity index (χ1) is 6.50. The van der Waals surface area contributed by atoms with Gasteiger partial charge in [-0.05, 0) is 31.5 Å². The lowest BCUT2D eigenvalue weighted by atomic mass is 10.2. The Balaban J connectivity index is 2.87. The average Bonchev–Trinajstić information content (AvgIpc) is 2.09. The third kappa shape index (κ3) is 2.36. The maximum atomic E-state index is 11.1. The molecule has 0 spiro atoms. The topological polar surface area (TPSA) is 46.5 Å². The second-order valence-electron chi connectivity index (χ2n) is 3.14. The summed E-state index contributed by atoms with van der Waals surface area (Å²) >= 11 is 0. The number of carbonyl (C=O) groups is 1. The second-order valence-corrected chi connectivity index (χ2v) is 3.14. The molecule has 14 heavy (non-hydrogen) atoms. The number of benzene rings is 1. The fourth-order valence-electron chi connectivity index (χ4n) is 0.901. The molecule has 3 nitrogen and oxygen atoms in total. The Kier molecular flexibility index (Phi) is 2.92. The highest BCUT2D eigenvalue weighted by molar-refractivity contribution is 5.89. The Morgan fingerprint density at radius 3 is 2.64 bits per heavy atom. The third-order valence-electron chi connectivity index (χ3n) is 1.67. The molecule has 0 aliphatic carbocycles. The van der Waals surface area contributed by atoms with Gasteiger partial charge in [0.1, 0.15) is 0 Å². The summed E-state index contributed by atoms with van der Waals surface area (Å²) in [4.78, 5) is 11.1. The standard InChI is InChI=1S/C11H12O3/c1-7(2)11(13)14-10-5-4-8(3)6-9(10)12/h4-6,12H,1H2,2-3H3. The van der Waals surface area contributed by atoms with Gasteiger partial charge in [-0.15, -0.1) is 0 Å². The van der Waals surface area contributed by atoms with Gasteiger partial charge in [0.2, 0.25) is 0 Å². The van der Waals surface area contributed by atoms with Crippen molar-refractivity contribution in [2.45, 2.75) is 13.8 Å². The van der Waals surface area contributed by atoms with E-state index >= 15 is 0 Å². The van der Waals surface area contributed by atoms with Gasteiger partial charge in [0.05, 0.1) is 0 Å². The number of esters is 1. The van der Waals surface area contributed by atoms with Crippen molar-refractivity contribution in [1.82, 2.24) is 0 Å². The van der Waals surface area contributed by atoms with Crippen LogP contribution in [-0.4, -0.2) is 11.1 Å². The van der Waals surface area contributed by atoms with E-state index in [2.05, 4.69) is 6.58 Å². The molecule has 0 saturated heterocycles. The van der Waals surface area contributed by atoms with E-state index in [1.165, 1.54) is 6.07 Å². The maximum absolute atomic E-state index is 11.1. The number of phenols is 1. The minimum absolute atomic E-state index is 0.0420. The number of aryl methyl sites for hydroxylation is 1. The number of carbonyl (C=O) groups excluding carboxylic acids is 1. The van der Waals surface area contributed by atoms with Gasteiger partial charge in [-0.2, -0.15) is 0 Å². The van der Waals surface area contributed by atoms with E-state index in [0.29, 0.717) is 5.57 Å². The summed E-state index contributed by atoms with van der Waals surface area (Å²) in [5, 5.41) is 9.42. The van der Waals surface area contributed by atoms with Gasteiger partial charge in [-0.1, -0.05) is 12.6 Å². The molecule has 0 aromatic heterocycles. The van der Waals surface area contributed by atoms with Crippen LogP contribution in [0.3, 0.4) is 0 Å². The lowest BCUT2D eigenvalue weighted by molar-refractivity contribution is -0.130. The molecule has 3 heteroatoms. The normalized spacial score (nSPS) is 9.57. The Morgan fingerprint density at radius 1 is 1.50 bits per heavy atom. The van der Waals surface area contributed by atoms with Gasteiger partial charge in [-0.25, -0.2) is 4.79 Å². The molecule has 1 N–H and O–H groups in total. The summed E-state index contributed by atoms with van der Waals surface area (Å²) < 4.78 is 4.87. The Labute approximate surface area is 82.6 Å². The molecule has 1 rings (SSSR count). The maximum Gasteiger partial charge on any atom is 0.338 e. The molecule has 0 saturated carbocycles. The molecule has 1 aromatic rings. The first-order valence-electron chi connectivity index (χ1n) is 4.18. The predicted molar refractivity (Wildman–Crippen MR) is 53.3 cm³/mol. The number of rotatable bonds is 2. The molecule has 0 unspecified atom stereocenters. The summed E-state index contributed by atoms with van der Waals surface area (Å²) in [7, 11) is 0. The Hall–Kier alpha value is -1.77. The zero-order valence-electron chi connectivity index (χ0n) is 8.20. The Bertz CT molecular complexity index is 380. The highest BCUT2D eigenvalue weighted by Crippen LogP contribution is 2.26. The first-order valence-corrected chi connectivity index (χ1v) is 4.18. The van der Waals surface area contributed by atoms with E-state index in [9.17, 15) is 9.90 Å². The van der Waals surface area contributed by atoms with Crippen LogP contribution in [0, 0.1) is 6.92 Å². The summed E-state index contributed by atoms with van der Waals surface area (Å²) in [5.74, 6) is -0.424. The molecule has 0 bridgehead atoms. The summed E-state index contributed by atoms with van der Waals surface area (Å²) in [6.07, 6.45) is 0. The average molecular weight is 192 g/mol. The molecule has 0 radical (unpaired) electrons. The van der Waals surface area contributed by atoms with Crippen molar-refractivity contribution in [1.29, 1.82) is 0 Å². The number of hydrogen-bond acceptors (Lipinski definition) is 3. The lowest BCUT2D eigenvalue weighted by Crippen LogP contribution is -2.08. The second kappa shape index (κ2) is 3.96. The van der Waals surface area contributed by atoms with Crippen molar-refractivity contribution in [3.63, 3.8) is 0 Å². The molecule has 74 valence electrons. The van der Waals surface area contributed by atoms with Crippen LogP contribution in [0.15, 0.2) is 30.4 Å². The molecule has 0 aliphatic heterocycles. The van der Waals surface area contributed by atoms with Crippen LogP contribution in [0.4, 0.5) is 0 Å². The first kappa shape index (κ1) is 10.3. The fourth-order valence-corrected chi connectivity index (χ4v) is 0.901. The van der Waals surface area contributed by atoms with Gasteiger partial charge in [0.25, 0.3) is 0 Å².